The van der Waals surface area contributed by atoms with Crippen molar-refractivity contribution in [3.05, 3.63) is 181 Å². The molecule has 9 rings (SSSR count). The normalized spacial score (nSPS) is 12.8. The zero-order valence-electron chi connectivity index (χ0n) is 29.4. The number of para-hydroxylation sites is 1. The third kappa shape index (κ3) is 6.08. The molecular weight excluding hydrogens is 929 g/mol. The number of rotatable bonds is 8. The van der Waals surface area contributed by atoms with Gasteiger partial charge in [-0.05, 0) is 118 Å². The Morgan fingerprint density at radius 2 is 1.07 bits per heavy atom. The van der Waals surface area contributed by atoms with E-state index < -0.39 is 0 Å². The monoisotopic (exact) mass is 962 g/mol. The van der Waals surface area contributed by atoms with Crippen LogP contribution in [0.5, 0.6) is 0 Å². The predicted molar refractivity (Wildman–Crippen MR) is 248 cm³/mol. The van der Waals surface area contributed by atoms with Crippen LogP contribution in [0.4, 0.5) is 38.5 Å². The van der Waals surface area contributed by atoms with Crippen molar-refractivity contribution in [2.24, 2.45) is 0 Å². The summed E-state index contributed by atoms with van der Waals surface area (Å²) in [4.78, 5) is 7.03. The Kier molecular flexibility index (Phi) is 9.62. The number of anilines is 6. The summed E-state index contributed by atoms with van der Waals surface area (Å²) in [5.74, 6) is -0.263. The highest BCUT2D eigenvalue weighted by Gasteiger charge is 2.38. The minimum atomic E-state index is -0.332. The summed E-state index contributed by atoms with van der Waals surface area (Å²) in [6.07, 6.45) is 0. The molecule has 0 N–H and O–H groups in total. The SMILES string of the molecule is CC1(C)c2cc(N(c3ccccc3)c3ccc(SI)c4ccccc34)ccc2-c2c1cc(N(c1ccc(SI)cc1)c1cccc(F)c1)c1ccccc21. The molecule has 54 heavy (non-hydrogen) atoms. The fourth-order valence-electron chi connectivity index (χ4n) is 8.09. The van der Waals surface area contributed by atoms with Gasteiger partial charge in [0.2, 0.25) is 0 Å². The summed E-state index contributed by atoms with van der Waals surface area (Å²) in [6.45, 7) is 4.68. The van der Waals surface area contributed by atoms with Crippen molar-refractivity contribution in [2.75, 3.05) is 9.80 Å². The zero-order chi connectivity index (χ0) is 37.0. The van der Waals surface area contributed by atoms with Crippen LogP contribution in [-0.4, -0.2) is 0 Å². The van der Waals surface area contributed by atoms with Crippen molar-refractivity contribution in [1.82, 2.24) is 0 Å². The van der Waals surface area contributed by atoms with Gasteiger partial charge in [0.1, 0.15) is 5.82 Å². The van der Waals surface area contributed by atoms with E-state index in [2.05, 4.69) is 206 Å². The Balaban J connectivity index is 1.26. The van der Waals surface area contributed by atoms with Gasteiger partial charge in [0.25, 0.3) is 0 Å². The average Bonchev–Trinajstić information content (AvgIpc) is 3.44. The Hall–Kier alpha value is -4.03. The van der Waals surface area contributed by atoms with Crippen molar-refractivity contribution < 1.29 is 4.39 Å². The van der Waals surface area contributed by atoms with E-state index in [1.807, 2.05) is 6.07 Å². The molecule has 8 aromatic rings. The Labute approximate surface area is 348 Å². The molecule has 8 aromatic carbocycles. The van der Waals surface area contributed by atoms with E-state index in [9.17, 15) is 4.39 Å². The molecule has 7 heteroatoms. The van der Waals surface area contributed by atoms with Crippen LogP contribution >= 0.6 is 60.3 Å². The molecule has 0 unspecified atom stereocenters. The maximum Gasteiger partial charge on any atom is 0.125 e. The highest BCUT2D eigenvalue weighted by atomic mass is 127. The van der Waals surface area contributed by atoms with Crippen LogP contribution < -0.4 is 9.80 Å². The van der Waals surface area contributed by atoms with Gasteiger partial charge in [-0.25, -0.2) is 4.39 Å². The molecule has 0 aliphatic heterocycles. The molecule has 1 aliphatic rings. The van der Waals surface area contributed by atoms with E-state index in [0.717, 1.165) is 39.5 Å². The van der Waals surface area contributed by atoms with E-state index in [4.69, 9.17) is 0 Å². The van der Waals surface area contributed by atoms with Gasteiger partial charge in [0.05, 0.1) is 11.4 Å². The second kappa shape index (κ2) is 14.6. The highest BCUT2D eigenvalue weighted by Crippen LogP contribution is 2.56. The molecule has 1 aliphatic carbocycles. The number of hydrogen-bond acceptors (Lipinski definition) is 4. The fraction of sp³-hybridized carbons (Fsp3) is 0.0638. The summed E-state index contributed by atoms with van der Waals surface area (Å²) in [6, 6.07) is 57.4. The molecule has 0 spiro atoms. The van der Waals surface area contributed by atoms with Gasteiger partial charge in [0, 0.05) is 91.1 Å². The smallest absolute Gasteiger partial charge is 0.125 e. The predicted octanol–water partition coefficient (Wildman–Crippen LogP) is 16.3. The van der Waals surface area contributed by atoms with Gasteiger partial charge < -0.3 is 9.80 Å². The number of fused-ring (bicyclic) bond motifs is 6. The Morgan fingerprint density at radius 1 is 0.481 bits per heavy atom. The third-order valence-electron chi connectivity index (χ3n) is 10.6. The molecule has 0 amide bonds. The molecule has 2 nitrogen and oxygen atoms in total. The van der Waals surface area contributed by atoms with Gasteiger partial charge in [-0.2, -0.15) is 0 Å². The van der Waals surface area contributed by atoms with Crippen LogP contribution in [0.1, 0.15) is 25.0 Å². The summed E-state index contributed by atoms with van der Waals surface area (Å²) in [5, 5.41) is 4.76. The molecular formula is C47H33FI2N2S2. The number of hydrogen-bond donors (Lipinski definition) is 0. The van der Waals surface area contributed by atoms with E-state index in [1.54, 1.807) is 30.0 Å². The number of nitrogens with zero attached hydrogens (tertiary/aromatic N) is 2. The van der Waals surface area contributed by atoms with Crippen LogP contribution in [0.3, 0.4) is 0 Å². The summed E-state index contributed by atoms with van der Waals surface area (Å²) >= 11 is 4.70. The topological polar surface area (TPSA) is 6.48 Å². The van der Waals surface area contributed by atoms with Crippen molar-refractivity contribution >= 4 is 116 Å². The zero-order valence-corrected chi connectivity index (χ0v) is 35.4. The van der Waals surface area contributed by atoms with E-state index in [0.29, 0.717) is 0 Å². The van der Waals surface area contributed by atoms with Gasteiger partial charge in [-0.3, -0.25) is 0 Å². The standard InChI is InChI=1S/C47H33FI2N2S2/c1-47(2)41-28-34(51(31-12-4-3-5-13-31)43-25-26-45(54-50)38-17-8-6-15-36(38)43)21-24-40(41)46-39-18-9-7-16-37(39)44(29-42(46)47)52(33-14-10-11-30(48)27-33)32-19-22-35(53-49)23-20-32/h3-29H,1-2H3. The molecule has 0 saturated carbocycles. The van der Waals surface area contributed by atoms with Crippen molar-refractivity contribution in [3.8, 4) is 11.1 Å². The first-order valence-corrected chi connectivity index (χ1v) is 24.4. The Morgan fingerprint density at radius 3 is 1.78 bits per heavy atom. The first kappa shape index (κ1) is 35.7. The van der Waals surface area contributed by atoms with E-state index in [-0.39, 0.29) is 11.2 Å². The first-order chi connectivity index (χ1) is 26.4. The van der Waals surface area contributed by atoms with Crippen molar-refractivity contribution in [2.45, 2.75) is 29.1 Å². The van der Waals surface area contributed by atoms with Crippen molar-refractivity contribution in [1.29, 1.82) is 0 Å². The van der Waals surface area contributed by atoms with Crippen LogP contribution in [0.15, 0.2) is 174 Å². The summed E-state index contributed by atoms with van der Waals surface area (Å²) in [7, 11) is 3.43. The summed E-state index contributed by atoms with van der Waals surface area (Å²) in [5.41, 5.74) is 10.9. The second-order valence-corrected chi connectivity index (χ2v) is 17.8. The lowest BCUT2D eigenvalue weighted by Gasteiger charge is -2.30. The molecule has 0 bridgehead atoms. The fourth-order valence-corrected chi connectivity index (χ4v) is 10.7. The van der Waals surface area contributed by atoms with Gasteiger partial charge in [-0.15, -0.1) is 0 Å². The lowest BCUT2D eigenvalue weighted by Crippen LogP contribution is -2.18. The van der Waals surface area contributed by atoms with Crippen LogP contribution in [0, 0.1) is 5.82 Å². The van der Waals surface area contributed by atoms with Crippen LogP contribution in [0.2, 0.25) is 0 Å². The number of benzene rings is 8. The van der Waals surface area contributed by atoms with Gasteiger partial charge in [0.15, 0.2) is 0 Å². The largest absolute Gasteiger partial charge is 0.310 e. The highest BCUT2D eigenvalue weighted by molar-refractivity contribution is 14.2. The van der Waals surface area contributed by atoms with Crippen LogP contribution in [0.25, 0.3) is 32.7 Å². The summed E-state index contributed by atoms with van der Waals surface area (Å²) < 4.78 is 14.9. The minimum Gasteiger partial charge on any atom is -0.310 e. The number of halogens is 3. The lowest BCUT2D eigenvalue weighted by molar-refractivity contribution is 0.628. The first-order valence-electron chi connectivity index (χ1n) is 17.7. The molecule has 0 aromatic heterocycles. The van der Waals surface area contributed by atoms with Gasteiger partial charge in [-0.1, -0.05) is 111 Å². The minimum absolute atomic E-state index is 0.263. The maximum atomic E-state index is 14.9. The molecule has 0 atom stereocenters. The molecule has 0 heterocycles. The van der Waals surface area contributed by atoms with E-state index in [1.165, 1.54) is 54.3 Å². The molecule has 0 saturated heterocycles. The maximum absolute atomic E-state index is 14.9. The van der Waals surface area contributed by atoms with Crippen LogP contribution in [-0.2, 0) is 5.41 Å². The molecule has 0 fully saturated rings. The Bertz CT molecular complexity index is 2700. The third-order valence-corrected chi connectivity index (χ3v) is 14.5. The van der Waals surface area contributed by atoms with E-state index >= 15 is 0 Å². The quantitative estimate of drug-likeness (QED) is 0.140. The molecule has 0 radical (unpaired) electrons. The lowest BCUT2D eigenvalue weighted by atomic mass is 9.81. The average molecular weight is 963 g/mol. The van der Waals surface area contributed by atoms with Gasteiger partial charge >= 0.3 is 0 Å². The van der Waals surface area contributed by atoms with Crippen molar-refractivity contribution in [3.63, 3.8) is 0 Å². The molecule has 264 valence electrons. The second-order valence-electron chi connectivity index (χ2n) is 14.0.